The Bertz CT molecular complexity index is 678. The summed E-state index contributed by atoms with van der Waals surface area (Å²) in [4.78, 5) is 19.9. The van der Waals surface area contributed by atoms with E-state index in [4.69, 9.17) is 21.4 Å². The Morgan fingerprint density at radius 1 is 1.53 bits per heavy atom. The van der Waals surface area contributed by atoms with E-state index in [0.29, 0.717) is 12.1 Å². The van der Waals surface area contributed by atoms with Crippen molar-refractivity contribution in [3.8, 4) is 0 Å². The highest BCUT2D eigenvalue weighted by Gasteiger charge is 2.28. The maximum atomic E-state index is 11.9. The van der Waals surface area contributed by atoms with Gasteiger partial charge in [0, 0.05) is 0 Å². The van der Waals surface area contributed by atoms with E-state index < -0.39 is 5.56 Å². The Morgan fingerprint density at radius 3 is 3.00 bits per heavy atom. The molecule has 1 aliphatic rings. The summed E-state index contributed by atoms with van der Waals surface area (Å²) in [6, 6.07) is 0. The van der Waals surface area contributed by atoms with E-state index in [0.717, 1.165) is 11.1 Å². The van der Waals surface area contributed by atoms with Gasteiger partial charge in [-0.25, -0.2) is 4.98 Å². The molecule has 0 aromatic carbocycles. The number of fused-ring (bicyclic) bond motifs is 1. The first-order valence-corrected chi connectivity index (χ1v) is 5.88. The van der Waals surface area contributed by atoms with Crippen molar-refractivity contribution >= 4 is 17.1 Å². The van der Waals surface area contributed by atoms with Gasteiger partial charge in [-0.05, 0) is 12.8 Å². The first kappa shape index (κ1) is 11.9. The topological polar surface area (TPSA) is 134 Å². The molecular formula is C10H14N6O3. The van der Waals surface area contributed by atoms with Crippen molar-refractivity contribution in [2.24, 2.45) is 0 Å². The Kier molecular flexibility index (Phi) is 2.64. The number of nitrogens with zero attached hydrogens (tertiary/aromatic N) is 4. The highest BCUT2D eigenvalue weighted by atomic mass is 16.5. The summed E-state index contributed by atoms with van der Waals surface area (Å²) in [5, 5.41) is 9.06. The zero-order valence-corrected chi connectivity index (χ0v) is 10.1. The molecule has 0 aliphatic carbocycles. The average Bonchev–Trinajstić information content (AvgIpc) is 3.01. The van der Waals surface area contributed by atoms with Gasteiger partial charge in [0.25, 0.3) is 0 Å². The summed E-state index contributed by atoms with van der Waals surface area (Å²) in [7, 11) is 0. The van der Waals surface area contributed by atoms with Crippen LogP contribution in [0.15, 0.2) is 11.1 Å². The smallest absolute Gasteiger partial charge is 0.301 e. The number of anilines is 1. The van der Waals surface area contributed by atoms with Gasteiger partial charge in [-0.2, -0.15) is 9.66 Å². The molecule has 3 heterocycles. The summed E-state index contributed by atoms with van der Waals surface area (Å²) in [5.74, 6) is 5.37. The van der Waals surface area contributed by atoms with Crippen LogP contribution in [-0.4, -0.2) is 37.0 Å². The van der Waals surface area contributed by atoms with E-state index in [2.05, 4.69) is 9.97 Å². The molecule has 9 nitrogen and oxygen atoms in total. The number of aliphatic hydroxyl groups is 1. The first-order chi connectivity index (χ1) is 9.11. The number of nitrogen functional groups attached to an aromatic ring is 2. The van der Waals surface area contributed by atoms with Gasteiger partial charge in [-0.3, -0.25) is 9.36 Å². The van der Waals surface area contributed by atoms with Crippen molar-refractivity contribution in [2.45, 2.75) is 25.2 Å². The van der Waals surface area contributed by atoms with E-state index in [1.54, 1.807) is 4.57 Å². The van der Waals surface area contributed by atoms with E-state index in [9.17, 15) is 4.79 Å². The third-order valence-corrected chi connectivity index (χ3v) is 3.26. The van der Waals surface area contributed by atoms with Gasteiger partial charge < -0.3 is 21.4 Å². The molecule has 0 radical (unpaired) electrons. The number of nitrogens with two attached hydrogens (primary N) is 2. The van der Waals surface area contributed by atoms with Crippen molar-refractivity contribution in [2.75, 3.05) is 18.2 Å². The van der Waals surface area contributed by atoms with Gasteiger partial charge in [-0.1, -0.05) is 0 Å². The van der Waals surface area contributed by atoms with Crippen LogP contribution in [0.5, 0.6) is 0 Å². The second kappa shape index (κ2) is 4.21. The Balaban J connectivity index is 2.09. The summed E-state index contributed by atoms with van der Waals surface area (Å²) in [6.07, 6.45) is 2.42. The van der Waals surface area contributed by atoms with Crippen LogP contribution in [0.1, 0.15) is 19.1 Å². The molecule has 3 rings (SSSR count). The zero-order chi connectivity index (χ0) is 13.6. The predicted molar refractivity (Wildman–Crippen MR) is 66.6 cm³/mol. The molecule has 2 aromatic rings. The molecule has 0 amide bonds. The van der Waals surface area contributed by atoms with Gasteiger partial charge >= 0.3 is 5.56 Å². The maximum Gasteiger partial charge on any atom is 0.301 e. The normalized spacial score (nSPS) is 23.2. The molecule has 2 aromatic heterocycles. The summed E-state index contributed by atoms with van der Waals surface area (Å²) in [6.45, 7) is -0.0334. The second-order valence-corrected chi connectivity index (χ2v) is 4.44. The third kappa shape index (κ3) is 1.74. The number of aliphatic hydroxyl groups excluding tert-OH is 1. The Hall–Kier alpha value is -2.13. The van der Waals surface area contributed by atoms with Crippen molar-refractivity contribution in [1.29, 1.82) is 0 Å². The fourth-order valence-corrected chi connectivity index (χ4v) is 2.23. The van der Waals surface area contributed by atoms with Crippen LogP contribution in [0.25, 0.3) is 11.2 Å². The average molecular weight is 266 g/mol. The number of imidazole rings is 1. The lowest BCUT2D eigenvalue weighted by atomic mass is 10.2. The molecule has 0 saturated carbocycles. The van der Waals surface area contributed by atoms with Crippen molar-refractivity contribution < 1.29 is 9.84 Å². The molecule has 0 unspecified atom stereocenters. The second-order valence-electron chi connectivity index (χ2n) is 4.44. The largest absolute Gasteiger partial charge is 0.394 e. The van der Waals surface area contributed by atoms with Crippen molar-refractivity contribution in [3.63, 3.8) is 0 Å². The molecule has 9 heteroatoms. The zero-order valence-electron chi connectivity index (χ0n) is 10.1. The molecular weight excluding hydrogens is 252 g/mol. The molecule has 2 atom stereocenters. The molecule has 1 fully saturated rings. The summed E-state index contributed by atoms with van der Waals surface area (Å²) >= 11 is 0. The maximum absolute atomic E-state index is 11.9. The monoisotopic (exact) mass is 266 g/mol. The lowest BCUT2D eigenvalue weighted by molar-refractivity contribution is -0.0207. The van der Waals surface area contributed by atoms with E-state index in [-0.39, 0.29) is 30.4 Å². The quantitative estimate of drug-likeness (QED) is 0.566. The fourth-order valence-electron chi connectivity index (χ4n) is 2.23. The van der Waals surface area contributed by atoms with Crippen LogP contribution in [0.4, 0.5) is 5.95 Å². The van der Waals surface area contributed by atoms with Gasteiger partial charge in [0.2, 0.25) is 5.95 Å². The Morgan fingerprint density at radius 2 is 2.32 bits per heavy atom. The highest BCUT2D eigenvalue weighted by molar-refractivity contribution is 5.71. The van der Waals surface area contributed by atoms with Crippen LogP contribution >= 0.6 is 0 Å². The van der Waals surface area contributed by atoms with Crippen molar-refractivity contribution in [1.82, 2.24) is 19.2 Å². The molecule has 1 saturated heterocycles. The van der Waals surface area contributed by atoms with Gasteiger partial charge in [-0.15, -0.1) is 0 Å². The third-order valence-electron chi connectivity index (χ3n) is 3.26. The summed E-state index contributed by atoms with van der Waals surface area (Å²) < 4.78 is 8.02. The van der Waals surface area contributed by atoms with E-state index >= 15 is 0 Å². The van der Waals surface area contributed by atoms with Crippen LogP contribution in [0.3, 0.4) is 0 Å². The minimum absolute atomic E-state index is 0.0334. The van der Waals surface area contributed by atoms with E-state index in [1.165, 1.54) is 6.33 Å². The lowest BCUT2D eigenvalue weighted by Crippen LogP contribution is -2.31. The number of hydrogen-bond donors (Lipinski definition) is 3. The molecule has 5 N–H and O–H groups in total. The SMILES string of the molecule is Nc1nc2c(ncn2[C@H]2CC[C@@H](CO)O2)c(=O)n1N. The Labute approximate surface area is 107 Å². The number of ether oxygens (including phenoxy) is 1. The lowest BCUT2D eigenvalue weighted by Gasteiger charge is -2.14. The van der Waals surface area contributed by atoms with Gasteiger partial charge in [0.05, 0.1) is 19.0 Å². The predicted octanol–water partition coefficient (Wildman–Crippen LogP) is -1.44. The molecule has 1 aliphatic heterocycles. The van der Waals surface area contributed by atoms with Crippen LogP contribution in [0.2, 0.25) is 0 Å². The minimum atomic E-state index is -0.502. The molecule has 0 spiro atoms. The standard InChI is InChI=1S/C10H14N6O3/c11-10-14-8-7(9(18)16(10)12)13-4-15(8)6-2-1-5(3-17)19-6/h4-6,17H,1-3,12H2,(H2,11,14)/t5-,6+/m0/s1. The first-order valence-electron chi connectivity index (χ1n) is 5.88. The molecule has 19 heavy (non-hydrogen) atoms. The molecule has 102 valence electrons. The van der Waals surface area contributed by atoms with Gasteiger partial charge in [0.1, 0.15) is 6.23 Å². The van der Waals surface area contributed by atoms with Crippen LogP contribution in [0, 0.1) is 0 Å². The number of rotatable bonds is 2. The minimum Gasteiger partial charge on any atom is -0.394 e. The fraction of sp³-hybridized carbons (Fsp3) is 0.500. The number of aromatic nitrogens is 4. The number of hydrogen-bond acceptors (Lipinski definition) is 7. The highest BCUT2D eigenvalue weighted by Crippen LogP contribution is 2.29. The van der Waals surface area contributed by atoms with Crippen LogP contribution < -0.4 is 17.1 Å². The van der Waals surface area contributed by atoms with Crippen molar-refractivity contribution in [3.05, 3.63) is 16.7 Å². The van der Waals surface area contributed by atoms with E-state index in [1.807, 2.05) is 0 Å². The van der Waals surface area contributed by atoms with Gasteiger partial charge in [0.15, 0.2) is 11.2 Å². The summed E-state index contributed by atoms with van der Waals surface area (Å²) in [5.41, 5.74) is 5.56. The molecule has 0 bridgehead atoms. The van der Waals surface area contributed by atoms with Crippen LogP contribution in [-0.2, 0) is 4.74 Å².